The first-order valence-corrected chi connectivity index (χ1v) is 12.8. The molecule has 0 aromatic rings. The normalized spacial score (nSPS) is 15.8. The second-order valence-electron chi connectivity index (χ2n) is 9.20. The third-order valence-corrected chi connectivity index (χ3v) is 5.82. The maximum atomic E-state index is 12.1. The zero-order chi connectivity index (χ0) is 23.9. The number of carbonyl (C=O) groups is 2. The molecule has 9 nitrogen and oxygen atoms in total. The van der Waals surface area contributed by atoms with Gasteiger partial charge in [-0.15, -0.1) is 0 Å². The first-order chi connectivity index (χ1) is 14.4. The quantitative estimate of drug-likeness (QED) is 0.151. The van der Waals surface area contributed by atoms with E-state index in [1.54, 1.807) is 0 Å². The van der Waals surface area contributed by atoms with E-state index >= 15 is 0 Å². The number of aliphatic carboxylic acids is 1. The second kappa shape index (κ2) is 15.8. The fourth-order valence-electron chi connectivity index (χ4n) is 3.14. The van der Waals surface area contributed by atoms with Crippen LogP contribution in [0, 0.1) is 5.92 Å². The zero-order valence-electron chi connectivity index (χ0n) is 20.0. The van der Waals surface area contributed by atoms with Gasteiger partial charge in [0.05, 0.1) is 34.2 Å². The first-order valence-electron chi connectivity index (χ1n) is 11.3. The van der Waals surface area contributed by atoms with E-state index in [4.69, 9.17) is 14.2 Å². The Morgan fingerprint density at radius 3 is 2.29 bits per heavy atom. The van der Waals surface area contributed by atoms with Crippen LogP contribution >= 0.6 is 7.82 Å². The number of carboxylic acid groups (broad SMARTS) is 1. The molecule has 0 saturated carbocycles. The Balaban J connectivity index is 4.01. The topological polar surface area (TPSA) is 122 Å². The molecule has 3 atom stereocenters. The average molecular weight is 468 g/mol. The van der Waals surface area contributed by atoms with E-state index in [-0.39, 0.29) is 31.4 Å². The minimum absolute atomic E-state index is 0.0423. The van der Waals surface area contributed by atoms with Crippen LogP contribution < -0.4 is 5.32 Å². The number of unbranched alkanes of at least 4 members (excludes halogenated alkanes) is 5. The lowest BCUT2D eigenvalue weighted by Crippen LogP contribution is -2.42. The number of hydrogen-bond donors (Lipinski definition) is 3. The van der Waals surface area contributed by atoms with Gasteiger partial charge in [-0.2, -0.15) is 0 Å². The van der Waals surface area contributed by atoms with E-state index < -0.39 is 19.9 Å². The summed E-state index contributed by atoms with van der Waals surface area (Å²) in [6, 6.07) is 0. The van der Waals surface area contributed by atoms with Gasteiger partial charge in [-0.3, -0.25) is 18.6 Å². The second-order valence-corrected chi connectivity index (χ2v) is 10.6. The molecule has 0 aliphatic carbocycles. The van der Waals surface area contributed by atoms with Crippen LogP contribution in [-0.2, 0) is 23.2 Å². The van der Waals surface area contributed by atoms with E-state index in [1.165, 1.54) is 0 Å². The molecule has 2 unspecified atom stereocenters. The number of amides is 1. The molecule has 10 heteroatoms. The predicted molar refractivity (Wildman–Crippen MR) is 121 cm³/mol. The van der Waals surface area contributed by atoms with E-state index in [9.17, 15) is 19.0 Å². The van der Waals surface area contributed by atoms with E-state index in [0.717, 1.165) is 44.9 Å². The molecule has 0 rings (SSSR count). The van der Waals surface area contributed by atoms with Crippen molar-refractivity contribution < 1.29 is 37.7 Å². The molecule has 184 valence electrons. The third kappa shape index (κ3) is 18.3. The Morgan fingerprint density at radius 2 is 1.71 bits per heavy atom. The summed E-state index contributed by atoms with van der Waals surface area (Å²) < 4.78 is 22.6. The first kappa shape index (κ1) is 30.0. The summed E-state index contributed by atoms with van der Waals surface area (Å²) in [6.45, 7) is 5.05. The van der Waals surface area contributed by atoms with Crippen molar-refractivity contribution in [3.63, 3.8) is 0 Å². The number of rotatable bonds is 19. The lowest BCUT2D eigenvalue weighted by molar-refractivity contribution is -0.873. The Labute approximate surface area is 187 Å². The number of phosphoric acid groups is 1. The standard InChI is InChI=1S/C21H43N2O7P/c1-6-7-10-13-18(2)21(26)22-14-11-8-9-12-15-29-31(27,28)30-19(16-20(24)25)17-23(3,4)5/h18-19H,6-17H2,1-5H3,(H2-,22,24,25,26,27,28)/p+1/t18?,19-/m1/s1. The number of phosphoric ester groups is 1. The van der Waals surface area contributed by atoms with Crippen LogP contribution in [0.2, 0.25) is 0 Å². The molecule has 0 aromatic heterocycles. The lowest BCUT2D eigenvalue weighted by atomic mass is 10.0. The van der Waals surface area contributed by atoms with Gasteiger partial charge in [0.15, 0.2) is 0 Å². The molecule has 0 fully saturated rings. The van der Waals surface area contributed by atoms with Gasteiger partial charge in [-0.05, 0) is 19.3 Å². The van der Waals surface area contributed by atoms with E-state index in [1.807, 2.05) is 28.1 Å². The number of carboxylic acids is 1. The Kier molecular flexibility index (Phi) is 15.3. The molecule has 0 heterocycles. The summed E-state index contributed by atoms with van der Waals surface area (Å²) >= 11 is 0. The van der Waals surface area contributed by atoms with Crippen LogP contribution in [0.15, 0.2) is 0 Å². The highest BCUT2D eigenvalue weighted by molar-refractivity contribution is 7.47. The molecule has 3 N–H and O–H groups in total. The molecule has 0 spiro atoms. The summed E-state index contributed by atoms with van der Waals surface area (Å²) in [6.07, 6.45) is 6.09. The molecule has 1 amide bonds. The van der Waals surface area contributed by atoms with Crippen molar-refractivity contribution >= 4 is 19.7 Å². The smallest absolute Gasteiger partial charge is 0.472 e. The lowest BCUT2D eigenvalue weighted by Gasteiger charge is -2.29. The summed E-state index contributed by atoms with van der Waals surface area (Å²) in [4.78, 5) is 32.9. The molecule has 31 heavy (non-hydrogen) atoms. The van der Waals surface area contributed by atoms with Crippen molar-refractivity contribution in [3.8, 4) is 0 Å². The van der Waals surface area contributed by atoms with Gasteiger partial charge in [-0.1, -0.05) is 46.0 Å². The number of quaternary nitrogens is 1. The van der Waals surface area contributed by atoms with E-state index in [2.05, 4.69) is 12.2 Å². The van der Waals surface area contributed by atoms with Crippen LogP contribution in [0.1, 0.15) is 71.6 Å². The van der Waals surface area contributed by atoms with Gasteiger partial charge < -0.3 is 19.8 Å². The average Bonchev–Trinajstić information content (AvgIpc) is 2.61. The number of hydrogen-bond acceptors (Lipinski definition) is 5. The highest BCUT2D eigenvalue weighted by atomic mass is 31.2. The Hall–Kier alpha value is -0.990. The molecule has 0 aliphatic rings. The summed E-state index contributed by atoms with van der Waals surface area (Å²) in [5.41, 5.74) is 0. The molecule has 0 bridgehead atoms. The van der Waals surface area contributed by atoms with Gasteiger partial charge in [-0.25, -0.2) is 4.57 Å². The van der Waals surface area contributed by atoms with Crippen molar-refractivity contribution in [1.29, 1.82) is 0 Å². The molecule has 0 radical (unpaired) electrons. The zero-order valence-corrected chi connectivity index (χ0v) is 20.9. The Morgan fingerprint density at radius 1 is 1.06 bits per heavy atom. The number of nitrogens with one attached hydrogen (secondary N) is 1. The number of carbonyl (C=O) groups excluding carboxylic acids is 1. The largest absolute Gasteiger partial charge is 0.481 e. The highest BCUT2D eigenvalue weighted by Gasteiger charge is 2.31. The number of nitrogens with zero attached hydrogens (tertiary/aromatic N) is 1. The SMILES string of the molecule is CCCCCC(C)C(=O)NCCCCCCOP(=O)(O)O[C@H](CC(=O)O)C[N+](C)(C)C. The van der Waals surface area contributed by atoms with Crippen LogP contribution in [0.4, 0.5) is 0 Å². The van der Waals surface area contributed by atoms with Gasteiger partial charge in [0.1, 0.15) is 12.6 Å². The monoisotopic (exact) mass is 467 g/mol. The van der Waals surface area contributed by atoms with Crippen molar-refractivity contribution in [2.24, 2.45) is 5.92 Å². The van der Waals surface area contributed by atoms with Crippen molar-refractivity contribution in [2.75, 3.05) is 40.8 Å². The summed E-state index contributed by atoms with van der Waals surface area (Å²) in [5.74, 6) is -0.954. The fraction of sp³-hybridized carbons (Fsp3) is 0.905. The molecular weight excluding hydrogens is 423 g/mol. The predicted octanol–water partition coefficient (Wildman–Crippen LogP) is 3.56. The molecular formula is C21H44N2O7P+. The minimum Gasteiger partial charge on any atom is -0.481 e. The van der Waals surface area contributed by atoms with Crippen LogP contribution in [0.5, 0.6) is 0 Å². The van der Waals surface area contributed by atoms with E-state index in [0.29, 0.717) is 17.4 Å². The molecule has 0 saturated heterocycles. The van der Waals surface area contributed by atoms with Gasteiger partial charge in [0, 0.05) is 12.5 Å². The minimum atomic E-state index is -4.32. The highest BCUT2D eigenvalue weighted by Crippen LogP contribution is 2.45. The maximum absolute atomic E-state index is 12.1. The van der Waals surface area contributed by atoms with Crippen LogP contribution in [0.25, 0.3) is 0 Å². The van der Waals surface area contributed by atoms with Gasteiger partial charge >= 0.3 is 13.8 Å². The molecule has 0 aliphatic heterocycles. The number of likely N-dealkylation sites (N-methyl/N-ethyl adjacent to an activating group) is 1. The summed E-state index contributed by atoms with van der Waals surface area (Å²) in [7, 11) is 1.21. The van der Waals surface area contributed by atoms with Crippen LogP contribution in [-0.4, -0.2) is 73.3 Å². The third-order valence-electron chi connectivity index (χ3n) is 4.75. The van der Waals surface area contributed by atoms with Crippen molar-refractivity contribution in [1.82, 2.24) is 5.32 Å². The fourth-order valence-corrected chi connectivity index (χ4v) is 4.08. The van der Waals surface area contributed by atoms with Crippen molar-refractivity contribution in [2.45, 2.75) is 77.7 Å². The van der Waals surface area contributed by atoms with Crippen molar-refractivity contribution in [3.05, 3.63) is 0 Å². The Bertz CT molecular complexity index is 566. The summed E-state index contributed by atoms with van der Waals surface area (Å²) in [5, 5.41) is 11.9. The molecule has 0 aromatic carbocycles. The van der Waals surface area contributed by atoms with Crippen LogP contribution in [0.3, 0.4) is 0 Å². The maximum Gasteiger partial charge on any atom is 0.472 e. The van der Waals surface area contributed by atoms with Gasteiger partial charge in [0.25, 0.3) is 0 Å². The van der Waals surface area contributed by atoms with Gasteiger partial charge in [0.2, 0.25) is 5.91 Å².